The van der Waals surface area contributed by atoms with E-state index in [1.807, 2.05) is 67.6 Å². The van der Waals surface area contributed by atoms with Crippen molar-refractivity contribution in [2.24, 2.45) is 0 Å². The SMILES string of the molecule is Cc1cccc(CS(=O)(=O)Oc2ccccc2-c2ccccc2)c1. The highest BCUT2D eigenvalue weighted by Gasteiger charge is 2.17. The first-order valence-corrected chi connectivity index (χ1v) is 9.23. The maximum absolute atomic E-state index is 12.4. The highest BCUT2D eigenvalue weighted by Crippen LogP contribution is 2.31. The van der Waals surface area contributed by atoms with Gasteiger partial charge in [0.05, 0.1) is 0 Å². The molecule has 0 N–H and O–H groups in total. The second-order valence-corrected chi connectivity index (χ2v) is 7.21. The van der Waals surface area contributed by atoms with E-state index in [-0.39, 0.29) is 5.75 Å². The summed E-state index contributed by atoms with van der Waals surface area (Å²) in [5.74, 6) is 0.189. The summed E-state index contributed by atoms with van der Waals surface area (Å²) in [4.78, 5) is 0. The molecule has 0 aliphatic carbocycles. The molecule has 3 nitrogen and oxygen atoms in total. The zero-order chi connectivity index (χ0) is 17.0. The van der Waals surface area contributed by atoms with Gasteiger partial charge < -0.3 is 4.18 Å². The van der Waals surface area contributed by atoms with Crippen molar-refractivity contribution in [3.05, 3.63) is 90.0 Å². The summed E-state index contributed by atoms with van der Waals surface area (Å²) < 4.78 is 30.3. The normalized spacial score (nSPS) is 11.2. The Morgan fingerprint density at radius 3 is 2.29 bits per heavy atom. The third-order valence-electron chi connectivity index (χ3n) is 3.61. The number of hydrogen-bond acceptors (Lipinski definition) is 3. The maximum Gasteiger partial charge on any atom is 0.313 e. The molecule has 0 atom stereocenters. The van der Waals surface area contributed by atoms with Crippen molar-refractivity contribution < 1.29 is 12.6 Å². The molecule has 0 heterocycles. The van der Waals surface area contributed by atoms with Crippen molar-refractivity contribution in [2.75, 3.05) is 0 Å². The Balaban J connectivity index is 1.88. The lowest BCUT2D eigenvalue weighted by Gasteiger charge is -2.12. The standard InChI is InChI=1S/C20H18O3S/c1-16-8-7-9-17(14-16)15-24(21,22)23-20-13-6-5-12-19(20)18-10-3-2-4-11-18/h2-14H,15H2,1H3. The van der Waals surface area contributed by atoms with E-state index in [9.17, 15) is 8.42 Å². The molecular formula is C20H18O3S. The van der Waals surface area contributed by atoms with Crippen molar-refractivity contribution in [2.45, 2.75) is 12.7 Å². The Bertz CT molecular complexity index is 932. The second kappa shape index (κ2) is 6.89. The molecule has 24 heavy (non-hydrogen) atoms. The van der Waals surface area contributed by atoms with Crippen LogP contribution in [0.1, 0.15) is 11.1 Å². The zero-order valence-corrected chi connectivity index (χ0v) is 14.2. The molecule has 0 saturated heterocycles. The van der Waals surface area contributed by atoms with Crippen molar-refractivity contribution in [3.63, 3.8) is 0 Å². The minimum absolute atomic E-state index is 0.155. The van der Waals surface area contributed by atoms with Crippen LogP contribution in [0.2, 0.25) is 0 Å². The lowest BCUT2D eigenvalue weighted by atomic mass is 10.1. The highest BCUT2D eigenvalue weighted by atomic mass is 32.2. The van der Waals surface area contributed by atoms with Gasteiger partial charge in [-0.1, -0.05) is 78.4 Å². The van der Waals surface area contributed by atoms with E-state index in [1.165, 1.54) is 0 Å². The summed E-state index contributed by atoms with van der Waals surface area (Å²) in [5.41, 5.74) is 3.41. The van der Waals surface area contributed by atoms with Gasteiger partial charge in [-0.2, -0.15) is 8.42 Å². The quantitative estimate of drug-likeness (QED) is 0.640. The molecular weight excluding hydrogens is 320 g/mol. The topological polar surface area (TPSA) is 43.4 Å². The minimum Gasteiger partial charge on any atom is -0.382 e. The number of rotatable bonds is 5. The molecule has 3 rings (SSSR count). The third-order valence-corrected chi connectivity index (χ3v) is 4.73. The molecule has 3 aromatic rings. The van der Waals surface area contributed by atoms with Gasteiger partial charge in [0.15, 0.2) is 0 Å². The molecule has 0 spiro atoms. The van der Waals surface area contributed by atoms with Crippen LogP contribution < -0.4 is 4.18 Å². The molecule has 0 bridgehead atoms. The second-order valence-electron chi connectivity index (χ2n) is 5.64. The molecule has 0 radical (unpaired) electrons. The van der Waals surface area contributed by atoms with Crippen LogP contribution in [0, 0.1) is 6.92 Å². The lowest BCUT2D eigenvalue weighted by Crippen LogP contribution is -2.12. The fraction of sp³-hybridized carbons (Fsp3) is 0.100. The van der Waals surface area contributed by atoms with E-state index in [0.29, 0.717) is 11.3 Å². The fourth-order valence-electron chi connectivity index (χ4n) is 2.57. The van der Waals surface area contributed by atoms with Crippen molar-refractivity contribution in [3.8, 4) is 16.9 Å². The van der Waals surface area contributed by atoms with Crippen molar-refractivity contribution in [1.82, 2.24) is 0 Å². The summed E-state index contributed by atoms with van der Waals surface area (Å²) in [6.45, 7) is 1.93. The Morgan fingerprint density at radius 2 is 1.54 bits per heavy atom. The average Bonchev–Trinajstić information content (AvgIpc) is 2.55. The average molecular weight is 338 g/mol. The van der Waals surface area contributed by atoms with Gasteiger partial charge in [-0.3, -0.25) is 0 Å². The number of para-hydroxylation sites is 1. The van der Waals surface area contributed by atoms with Crippen LogP contribution in [0.3, 0.4) is 0 Å². The number of hydrogen-bond donors (Lipinski definition) is 0. The van der Waals surface area contributed by atoms with Crippen LogP contribution in [0.25, 0.3) is 11.1 Å². The van der Waals surface area contributed by atoms with E-state index in [2.05, 4.69) is 0 Å². The Hall–Kier alpha value is -2.59. The molecule has 0 saturated carbocycles. The zero-order valence-electron chi connectivity index (χ0n) is 13.3. The van der Waals surface area contributed by atoms with Crippen molar-refractivity contribution >= 4 is 10.1 Å². The van der Waals surface area contributed by atoms with Gasteiger partial charge in [0.2, 0.25) is 0 Å². The first-order valence-electron chi connectivity index (χ1n) is 7.66. The maximum atomic E-state index is 12.4. The highest BCUT2D eigenvalue weighted by molar-refractivity contribution is 7.86. The van der Waals surface area contributed by atoms with Gasteiger partial charge in [0.25, 0.3) is 0 Å². The molecule has 0 amide bonds. The Labute approximate surface area is 142 Å². The summed E-state index contributed by atoms with van der Waals surface area (Å²) >= 11 is 0. The molecule has 0 fully saturated rings. The van der Waals surface area contributed by atoms with E-state index < -0.39 is 10.1 Å². The molecule has 4 heteroatoms. The summed E-state index contributed by atoms with van der Waals surface area (Å²) in [6, 6.07) is 24.2. The van der Waals surface area contributed by atoms with Gasteiger partial charge in [0, 0.05) is 5.56 Å². The van der Waals surface area contributed by atoms with Gasteiger partial charge in [-0.15, -0.1) is 0 Å². The van der Waals surface area contributed by atoms with Crippen LogP contribution in [-0.2, 0) is 15.9 Å². The van der Waals surface area contributed by atoms with Crippen LogP contribution in [0.5, 0.6) is 5.75 Å². The molecule has 122 valence electrons. The van der Waals surface area contributed by atoms with Crippen LogP contribution in [0.4, 0.5) is 0 Å². The van der Waals surface area contributed by atoms with E-state index in [0.717, 1.165) is 16.7 Å². The van der Waals surface area contributed by atoms with Crippen LogP contribution >= 0.6 is 0 Å². The molecule has 0 aliphatic rings. The molecule has 0 aromatic heterocycles. The monoisotopic (exact) mass is 338 g/mol. The Morgan fingerprint density at radius 1 is 0.833 bits per heavy atom. The van der Waals surface area contributed by atoms with E-state index in [4.69, 9.17) is 4.18 Å². The van der Waals surface area contributed by atoms with E-state index >= 15 is 0 Å². The summed E-state index contributed by atoms with van der Waals surface area (Å²) in [7, 11) is -3.73. The third kappa shape index (κ3) is 4.03. The number of aryl methyl sites for hydroxylation is 1. The van der Waals surface area contributed by atoms with Gasteiger partial charge in [-0.05, 0) is 24.1 Å². The number of benzene rings is 3. The Kier molecular flexibility index (Phi) is 4.67. The fourth-order valence-corrected chi connectivity index (χ4v) is 3.63. The largest absolute Gasteiger partial charge is 0.382 e. The van der Waals surface area contributed by atoms with Gasteiger partial charge in [-0.25, -0.2) is 0 Å². The smallest absolute Gasteiger partial charge is 0.313 e. The lowest BCUT2D eigenvalue weighted by molar-refractivity contribution is 0.486. The van der Waals surface area contributed by atoms with Gasteiger partial charge >= 0.3 is 10.1 Å². The first-order chi connectivity index (χ1) is 11.5. The molecule has 0 aliphatic heterocycles. The predicted molar refractivity (Wildman–Crippen MR) is 96.3 cm³/mol. The van der Waals surface area contributed by atoms with Crippen LogP contribution in [0.15, 0.2) is 78.9 Å². The predicted octanol–water partition coefficient (Wildman–Crippen LogP) is 4.57. The first kappa shape index (κ1) is 16.3. The minimum atomic E-state index is -3.73. The van der Waals surface area contributed by atoms with Crippen molar-refractivity contribution in [1.29, 1.82) is 0 Å². The van der Waals surface area contributed by atoms with Gasteiger partial charge in [0.1, 0.15) is 11.5 Å². The molecule has 0 unspecified atom stereocenters. The summed E-state index contributed by atoms with van der Waals surface area (Å²) in [6.07, 6.45) is 0. The molecule has 3 aromatic carbocycles. The summed E-state index contributed by atoms with van der Waals surface area (Å²) in [5, 5.41) is 0. The van der Waals surface area contributed by atoms with E-state index in [1.54, 1.807) is 18.2 Å². The van der Waals surface area contributed by atoms with Crippen LogP contribution in [-0.4, -0.2) is 8.42 Å².